The normalized spacial score (nSPS) is 17.7. The second kappa shape index (κ2) is 16.4. The molecule has 0 aromatic rings. The molecule has 1 saturated carbocycles. The quantitative estimate of drug-likeness (QED) is 0.200. The van der Waals surface area contributed by atoms with Crippen LogP contribution in [-0.4, -0.2) is 50.0 Å². The molecule has 26 heavy (non-hydrogen) atoms. The van der Waals surface area contributed by atoms with E-state index in [1.807, 2.05) is 0 Å². The Balaban J connectivity index is 2.18. The lowest BCUT2D eigenvalue weighted by molar-refractivity contribution is 0.0411. The van der Waals surface area contributed by atoms with Crippen molar-refractivity contribution in [3.05, 3.63) is 0 Å². The third kappa shape index (κ3) is 11.7. The summed E-state index contributed by atoms with van der Waals surface area (Å²) < 4.78 is 6.05. The fourth-order valence-corrected chi connectivity index (χ4v) is 3.57. The molecule has 0 amide bonds. The van der Waals surface area contributed by atoms with E-state index in [0.29, 0.717) is 12.0 Å². The minimum Gasteiger partial charge on any atom is -0.396 e. The van der Waals surface area contributed by atoms with Crippen molar-refractivity contribution in [1.29, 1.82) is 0 Å². The van der Waals surface area contributed by atoms with E-state index in [1.165, 1.54) is 38.5 Å². The third-order valence-corrected chi connectivity index (χ3v) is 5.11. The average molecular weight is 370 g/mol. The number of aliphatic imine (C=N–C) groups is 1. The molecule has 0 aliphatic heterocycles. The minimum absolute atomic E-state index is 0.255. The zero-order chi connectivity index (χ0) is 18.9. The van der Waals surface area contributed by atoms with Gasteiger partial charge in [0, 0.05) is 32.8 Å². The van der Waals surface area contributed by atoms with Gasteiger partial charge in [-0.05, 0) is 51.4 Å². The minimum atomic E-state index is 0.255. The summed E-state index contributed by atoms with van der Waals surface area (Å²) in [7, 11) is 0. The summed E-state index contributed by atoms with van der Waals surface area (Å²) in [5.41, 5.74) is 0. The Bertz CT molecular complexity index is 336. The second-order valence-corrected chi connectivity index (χ2v) is 7.50. The summed E-state index contributed by atoms with van der Waals surface area (Å²) in [5, 5.41) is 15.9. The van der Waals surface area contributed by atoms with Crippen LogP contribution in [0, 0.1) is 5.92 Å². The first-order chi connectivity index (χ1) is 12.8. The molecule has 0 spiro atoms. The molecule has 1 aliphatic rings. The largest absolute Gasteiger partial charge is 0.396 e. The Labute approximate surface area is 161 Å². The number of unbranched alkanes of at least 4 members (excludes halogenated alkanes) is 1. The highest BCUT2D eigenvalue weighted by atomic mass is 16.5. The molecule has 5 nitrogen and oxygen atoms in total. The van der Waals surface area contributed by atoms with E-state index in [1.54, 1.807) is 0 Å². The number of hydrogen-bond acceptors (Lipinski definition) is 3. The molecular weight excluding hydrogens is 326 g/mol. The van der Waals surface area contributed by atoms with Crippen molar-refractivity contribution < 1.29 is 9.84 Å². The number of ether oxygens (including phenoxy) is 1. The Hall–Kier alpha value is -0.810. The van der Waals surface area contributed by atoms with Crippen molar-refractivity contribution in [2.45, 2.75) is 90.6 Å². The molecule has 0 radical (unpaired) electrons. The van der Waals surface area contributed by atoms with E-state index in [9.17, 15) is 5.11 Å². The van der Waals surface area contributed by atoms with Crippen LogP contribution in [0.15, 0.2) is 4.99 Å². The van der Waals surface area contributed by atoms with Crippen molar-refractivity contribution in [2.24, 2.45) is 10.9 Å². The van der Waals surface area contributed by atoms with Gasteiger partial charge in [0.15, 0.2) is 5.96 Å². The predicted octanol–water partition coefficient (Wildman–Crippen LogP) is 3.86. The SMILES string of the molecule is CCCC(CCO)CN=C(NCC)NCCCCOC1CCCCCC1. The first-order valence-electron chi connectivity index (χ1n) is 11.0. The molecule has 0 heterocycles. The number of nitrogens with one attached hydrogen (secondary N) is 2. The van der Waals surface area contributed by atoms with Gasteiger partial charge in [0.05, 0.1) is 6.10 Å². The Morgan fingerprint density at radius 1 is 1.08 bits per heavy atom. The first-order valence-corrected chi connectivity index (χ1v) is 11.0. The van der Waals surface area contributed by atoms with E-state index in [-0.39, 0.29) is 6.61 Å². The maximum atomic E-state index is 9.17. The molecule has 0 bridgehead atoms. The van der Waals surface area contributed by atoms with Gasteiger partial charge >= 0.3 is 0 Å². The summed E-state index contributed by atoms with van der Waals surface area (Å²) >= 11 is 0. The molecule has 154 valence electrons. The number of nitrogens with zero attached hydrogens (tertiary/aromatic N) is 1. The molecule has 5 heteroatoms. The number of aliphatic hydroxyl groups excluding tert-OH is 1. The van der Waals surface area contributed by atoms with E-state index in [2.05, 4.69) is 24.5 Å². The first kappa shape index (κ1) is 23.2. The molecule has 0 aromatic carbocycles. The van der Waals surface area contributed by atoms with Gasteiger partial charge in [0.25, 0.3) is 0 Å². The van der Waals surface area contributed by atoms with E-state index < -0.39 is 0 Å². The summed E-state index contributed by atoms with van der Waals surface area (Å²) in [6.07, 6.45) is 13.8. The highest BCUT2D eigenvalue weighted by molar-refractivity contribution is 5.79. The van der Waals surface area contributed by atoms with Crippen LogP contribution >= 0.6 is 0 Å². The Morgan fingerprint density at radius 2 is 1.85 bits per heavy atom. The van der Waals surface area contributed by atoms with Gasteiger partial charge in [-0.25, -0.2) is 0 Å². The van der Waals surface area contributed by atoms with Crippen LogP contribution in [0.3, 0.4) is 0 Å². The fourth-order valence-electron chi connectivity index (χ4n) is 3.57. The van der Waals surface area contributed by atoms with Crippen molar-refractivity contribution in [1.82, 2.24) is 10.6 Å². The zero-order valence-electron chi connectivity index (χ0n) is 17.3. The smallest absolute Gasteiger partial charge is 0.191 e. The van der Waals surface area contributed by atoms with Gasteiger partial charge in [0.2, 0.25) is 0 Å². The second-order valence-electron chi connectivity index (χ2n) is 7.50. The molecule has 1 aliphatic carbocycles. The molecule has 3 N–H and O–H groups in total. The predicted molar refractivity (Wildman–Crippen MR) is 111 cm³/mol. The van der Waals surface area contributed by atoms with Crippen LogP contribution in [-0.2, 0) is 4.74 Å². The van der Waals surface area contributed by atoms with E-state index in [0.717, 1.165) is 64.3 Å². The lowest BCUT2D eigenvalue weighted by atomic mass is 10.0. The van der Waals surface area contributed by atoms with Crippen molar-refractivity contribution in [2.75, 3.05) is 32.8 Å². The highest BCUT2D eigenvalue weighted by Gasteiger charge is 2.12. The standard InChI is InChI=1S/C21H43N3O2/c1-3-11-19(14-16-25)18-24-21(22-4-2)23-15-9-10-17-26-20-12-7-5-6-8-13-20/h19-20,25H,3-18H2,1-2H3,(H2,22,23,24). The van der Waals surface area contributed by atoms with Gasteiger partial charge in [-0.15, -0.1) is 0 Å². The van der Waals surface area contributed by atoms with Crippen LogP contribution < -0.4 is 10.6 Å². The van der Waals surface area contributed by atoms with Crippen LogP contribution in [0.1, 0.15) is 84.5 Å². The monoisotopic (exact) mass is 369 g/mol. The van der Waals surface area contributed by atoms with Gasteiger partial charge in [-0.1, -0.05) is 39.0 Å². The molecular formula is C21H43N3O2. The number of rotatable bonds is 13. The fraction of sp³-hybridized carbons (Fsp3) is 0.952. The topological polar surface area (TPSA) is 65.9 Å². The molecule has 0 saturated heterocycles. The lowest BCUT2D eigenvalue weighted by Gasteiger charge is -2.16. The molecule has 1 atom stereocenters. The van der Waals surface area contributed by atoms with E-state index >= 15 is 0 Å². The maximum absolute atomic E-state index is 9.17. The molecule has 1 unspecified atom stereocenters. The van der Waals surface area contributed by atoms with Crippen LogP contribution in [0.2, 0.25) is 0 Å². The maximum Gasteiger partial charge on any atom is 0.191 e. The van der Waals surface area contributed by atoms with Gasteiger partial charge in [-0.2, -0.15) is 0 Å². The van der Waals surface area contributed by atoms with Crippen molar-refractivity contribution in [3.8, 4) is 0 Å². The molecule has 1 fully saturated rings. The number of guanidine groups is 1. The van der Waals surface area contributed by atoms with Crippen LogP contribution in [0.4, 0.5) is 0 Å². The van der Waals surface area contributed by atoms with Gasteiger partial charge < -0.3 is 20.5 Å². The summed E-state index contributed by atoms with van der Waals surface area (Å²) in [6, 6.07) is 0. The van der Waals surface area contributed by atoms with Crippen molar-refractivity contribution in [3.63, 3.8) is 0 Å². The van der Waals surface area contributed by atoms with Crippen molar-refractivity contribution >= 4 is 5.96 Å². The lowest BCUT2D eigenvalue weighted by Crippen LogP contribution is -2.38. The Kier molecular flexibility index (Phi) is 14.6. The number of aliphatic hydroxyl groups is 1. The van der Waals surface area contributed by atoms with Crippen LogP contribution in [0.25, 0.3) is 0 Å². The highest BCUT2D eigenvalue weighted by Crippen LogP contribution is 2.19. The van der Waals surface area contributed by atoms with Gasteiger partial charge in [0.1, 0.15) is 0 Å². The average Bonchev–Trinajstić information content (AvgIpc) is 2.91. The number of hydrogen-bond donors (Lipinski definition) is 3. The Morgan fingerprint density at radius 3 is 2.50 bits per heavy atom. The summed E-state index contributed by atoms with van der Waals surface area (Å²) in [5.74, 6) is 1.38. The summed E-state index contributed by atoms with van der Waals surface area (Å²) in [6.45, 7) is 8.01. The molecule has 1 rings (SSSR count). The third-order valence-electron chi connectivity index (χ3n) is 5.11. The summed E-state index contributed by atoms with van der Waals surface area (Å²) in [4.78, 5) is 4.70. The molecule has 0 aromatic heterocycles. The zero-order valence-corrected chi connectivity index (χ0v) is 17.3. The van der Waals surface area contributed by atoms with Gasteiger partial charge in [-0.3, -0.25) is 4.99 Å². The van der Waals surface area contributed by atoms with Crippen LogP contribution in [0.5, 0.6) is 0 Å². The van der Waals surface area contributed by atoms with E-state index in [4.69, 9.17) is 9.73 Å².